The van der Waals surface area contributed by atoms with Gasteiger partial charge in [-0.15, -0.1) is 0 Å². The van der Waals surface area contributed by atoms with Crippen LogP contribution in [-0.2, 0) is 23.9 Å². The monoisotopic (exact) mass is 319 g/mol. The van der Waals surface area contributed by atoms with Crippen molar-refractivity contribution in [3.63, 3.8) is 0 Å². The minimum absolute atomic E-state index is 0.0139. The Kier molecular flexibility index (Phi) is 5.36. The second-order valence-electron chi connectivity index (χ2n) is 5.62. The van der Waals surface area contributed by atoms with Crippen molar-refractivity contribution in [3.05, 3.63) is 35.9 Å². The molecule has 1 aromatic carbocycles. The maximum Gasteiger partial charge on any atom is 0.318 e. The van der Waals surface area contributed by atoms with Crippen molar-refractivity contribution < 1.29 is 23.9 Å². The molecule has 6 heteroatoms. The second-order valence-corrected chi connectivity index (χ2v) is 5.62. The van der Waals surface area contributed by atoms with E-state index >= 15 is 0 Å². The van der Waals surface area contributed by atoms with E-state index in [4.69, 9.17) is 4.74 Å². The molecule has 1 saturated heterocycles. The average molecular weight is 319 g/mol. The first-order chi connectivity index (χ1) is 11.0. The van der Waals surface area contributed by atoms with Gasteiger partial charge in [0.15, 0.2) is 0 Å². The Labute approximate surface area is 135 Å². The summed E-state index contributed by atoms with van der Waals surface area (Å²) in [7, 11) is 2.53. The number of benzene rings is 1. The SMILES string of the molecule is COC(=O)C[C@@H]1CN([C@@H](C)c2ccccc2)C(=O)[C@H]1C(=O)OC. The van der Waals surface area contributed by atoms with E-state index in [1.807, 2.05) is 37.3 Å². The molecule has 1 aliphatic heterocycles. The lowest BCUT2D eigenvalue weighted by atomic mass is 9.92. The molecule has 1 amide bonds. The van der Waals surface area contributed by atoms with Gasteiger partial charge in [-0.1, -0.05) is 30.3 Å². The first-order valence-corrected chi connectivity index (χ1v) is 7.49. The molecule has 6 nitrogen and oxygen atoms in total. The van der Waals surface area contributed by atoms with Crippen LogP contribution >= 0.6 is 0 Å². The highest BCUT2D eigenvalue weighted by Gasteiger charge is 2.48. The Morgan fingerprint density at radius 1 is 1.22 bits per heavy atom. The Hall–Kier alpha value is -2.37. The molecule has 0 saturated carbocycles. The van der Waals surface area contributed by atoms with Crippen LogP contribution in [-0.4, -0.2) is 43.5 Å². The normalized spacial score (nSPS) is 21.9. The fourth-order valence-corrected chi connectivity index (χ4v) is 2.99. The Bertz CT molecular complexity index is 586. The number of amides is 1. The molecule has 1 heterocycles. The standard InChI is InChI=1S/C17H21NO5/c1-11(12-7-5-4-6-8-12)18-10-13(9-14(19)22-2)15(16(18)20)17(21)23-3/h4-8,11,13,15H,9-10H2,1-3H3/t11-,13+,15-/m0/s1. The molecule has 23 heavy (non-hydrogen) atoms. The fraction of sp³-hybridized carbons (Fsp3) is 0.471. The molecule has 0 N–H and O–H groups in total. The lowest BCUT2D eigenvalue weighted by Crippen LogP contribution is -2.33. The van der Waals surface area contributed by atoms with Crippen LogP contribution < -0.4 is 0 Å². The summed E-state index contributed by atoms with van der Waals surface area (Å²) in [4.78, 5) is 37.9. The topological polar surface area (TPSA) is 72.9 Å². The summed E-state index contributed by atoms with van der Waals surface area (Å²) < 4.78 is 9.41. The van der Waals surface area contributed by atoms with E-state index in [-0.39, 0.29) is 18.4 Å². The lowest BCUT2D eigenvalue weighted by Gasteiger charge is -2.25. The fourth-order valence-electron chi connectivity index (χ4n) is 2.99. The van der Waals surface area contributed by atoms with Gasteiger partial charge in [-0.3, -0.25) is 14.4 Å². The van der Waals surface area contributed by atoms with Crippen molar-refractivity contribution in [1.82, 2.24) is 4.90 Å². The molecule has 1 aromatic rings. The van der Waals surface area contributed by atoms with Gasteiger partial charge in [0.25, 0.3) is 0 Å². The van der Waals surface area contributed by atoms with Gasteiger partial charge >= 0.3 is 11.9 Å². The average Bonchev–Trinajstić information content (AvgIpc) is 2.90. The summed E-state index contributed by atoms with van der Waals surface area (Å²) >= 11 is 0. The van der Waals surface area contributed by atoms with Crippen LogP contribution in [0, 0.1) is 11.8 Å². The van der Waals surface area contributed by atoms with Gasteiger partial charge in [0, 0.05) is 12.5 Å². The lowest BCUT2D eigenvalue weighted by molar-refractivity contribution is -0.152. The minimum atomic E-state index is -0.953. The van der Waals surface area contributed by atoms with E-state index in [0.717, 1.165) is 5.56 Å². The van der Waals surface area contributed by atoms with Gasteiger partial charge in [-0.25, -0.2) is 0 Å². The van der Waals surface area contributed by atoms with Gasteiger partial charge in [0.05, 0.1) is 26.7 Å². The van der Waals surface area contributed by atoms with Crippen LogP contribution in [0.2, 0.25) is 0 Å². The highest BCUT2D eigenvalue weighted by molar-refractivity contribution is 6.00. The summed E-state index contributed by atoms with van der Waals surface area (Å²) in [6.07, 6.45) is 0.0139. The van der Waals surface area contributed by atoms with Crippen molar-refractivity contribution in [2.24, 2.45) is 11.8 Å². The van der Waals surface area contributed by atoms with Crippen LogP contribution in [0.15, 0.2) is 30.3 Å². The molecule has 124 valence electrons. The molecule has 0 aliphatic carbocycles. The molecule has 1 fully saturated rings. The smallest absolute Gasteiger partial charge is 0.318 e. The first-order valence-electron chi connectivity index (χ1n) is 7.49. The molecular weight excluding hydrogens is 298 g/mol. The summed E-state index contributed by atoms with van der Waals surface area (Å²) in [5.74, 6) is -2.74. The van der Waals surface area contributed by atoms with Crippen molar-refractivity contribution >= 4 is 17.8 Å². The molecule has 0 unspecified atom stereocenters. The van der Waals surface area contributed by atoms with Crippen molar-refractivity contribution in [1.29, 1.82) is 0 Å². The van der Waals surface area contributed by atoms with Crippen molar-refractivity contribution in [2.45, 2.75) is 19.4 Å². The number of hydrogen-bond acceptors (Lipinski definition) is 5. The first kappa shape index (κ1) is 17.0. The van der Waals surface area contributed by atoms with E-state index in [1.165, 1.54) is 14.2 Å². The van der Waals surface area contributed by atoms with Crippen LogP contribution in [0.4, 0.5) is 0 Å². The Morgan fingerprint density at radius 2 is 1.87 bits per heavy atom. The highest BCUT2D eigenvalue weighted by Crippen LogP contribution is 2.34. The summed E-state index contributed by atoms with van der Waals surface area (Å²) in [5, 5.41) is 0. The molecule has 0 bridgehead atoms. The third kappa shape index (κ3) is 3.52. The van der Waals surface area contributed by atoms with Crippen molar-refractivity contribution in [3.8, 4) is 0 Å². The van der Waals surface area contributed by atoms with Crippen LogP contribution in [0.3, 0.4) is 0 Å². The maximum atomic E-state index is 12.7. The number of nitrogens with zero attached hydrogens (tertiary/aromatic N) is 1. The van der Waals surface area contributed by atoms with Crippen LogP contribution in [0.25, 0.3) is 0 Å². The van der Waals surface area contributed by atoms with E-state index in [1.54, 1.807) is 4.90 Å². The molecule has 1 aliphatic rings. The number of ether oxygens (including phenoxy) is 2. The number of esters is 2. The second kappa shape index (κ2) is 7.26. The highest BCUT2D eigenvalue weighted by atomic mass is 16.5. The van der Waals surface area contributed by atoms with E-state index < -0.39 is 23.8 Å². The zero-order chi connectivity index (χ0) is 17.0. The molecule has 3 atom stereocenters. The number of carbonyl (C=O) groups is 3. The van der Waals surface area contributed by atoms with E-state index in [0.29, 0.717) is 6.54 Å². The van der Waals surface area contributed by atoms with Crippen LogP contribution in [0.5, 0.6) is 0 Å². The van der Waals surface area contributed by atoms with E-state index in [2.05, 4.69) is 4.74 Å². The number of hydrogen-bond donors (Lipinski definition) is 0. The minimum Gasteiger partial charge on any atom is -0.469 e. The van der Waals surface area contributed by atoms with Crippen molar-refractivity contribution in [2.75, 3.05) is 20.8 Å². The molecule has 0 spiro atoms. The van der Waals surface area contributed by atoms with E-state index in [9.17, 15) is 14.4 Å². The maximum absolute atomic E-state index is 12.7. The van der Waals surface area contributed by atoms with Crippen LogP contribution in [0.1, 0.15) is 24.9 Å². The third-order valence-electron chi connectivity index (χ3n) is 4.31. The Balaban J connectivity index is 2.24. The third-order valence-corrected chi connectivity index (χ3v) is 4.31. The van der Waals surface area contributed by atoms with Gasteiger partial charge in [0.2, 0.25) is 5.91 Å². The largest absolute Gasteiger partial charge is 0.469 e. The number of methoxy groups -OCH3 is 2. The zero-order valence-corrected chi connectivity index (χ0v) is 13.5. The molecule has 0 aromatic heterocycles. The zero-order valence-electron chi connectivity index (χ0n) is 13.5. The van der Waals surface area contributed by atoms with Gasteiger partial charge < -0.3 is 14.4 Å². The van der Waals surface area contributed by atoms with Gasteiger partial charge in [-0.05, 0) is 12.5 Å². The Morgan fingerprint density at radius 3 is 2.43 bits per heavy atom. The predicted octanol–water partition coefficient (Wildman–Crippen LogP) is 1.56. The quantitative estimate of drug-likeness (QED) is 0.608. The van der Waals surface area contributed by atoms with Gasteiger partial charge in [-0.2, -0.15) is 0 Å². The summed E-state index contributed by atoms with van der Waals surface area (Å²) in [6, 6.07) is 9.38. The number of likely N-dealkylation sites (tertiary alicyclic amines) is 1. The predicted molar refractivity (Wildman–Crippen MR) is 82.2 cm³/mol. The number of carbonyl (C=O) groups excluding carboxylic acids is 3. The summed E-state index contributed by atoms with van der Waals surface area (Å²) in [6.45, 7) is 2.23. The van der Waals surface area contributed by atoms with Gasteiger partial charge in [0.1, 0.15) is 5.92 Å². The molecule has 0 radical (unpaired) electrons. The molecular formula is C17H21NO5. The molecule has 2 rings (SSSR count). The summed E-state index contributed by atoms with van der Waals surface area (Å²) in [5.41, 5.74) is 0.975. The number of rotatable bonds is 5.